The molecular formula is C10H11N3O2. The van der Waals surface area contributed by atoms with E-state index in [-0.39, 0.29) is 6.42 Å². The average Bonchev–Trinajstić information content (AvgIpc) is 2.19. The summed E-state index contributed by atoms with van der Waals surface area (Å²) >= 11 is 0. The zero-order valence-corrected chi connectivity index (χ0v) is 8.34. The molecule has 15 heavy (non-hydrogen) atoms. The molecule has 0 atom stereocenters. The molecule has 0 bridgehead atoms. The quantitative estimate of drug-likeness (QED) is 0.465. The summed E-state index contributed by atoms with van der Waals surface area (Å²) in [5.41, 5.74) is 10.6. The van der Waals surface area contributed by atoms with E-state index in [4.69, 9.17) is 10.6 Å². The summed E-state index contributed by atoms with van der Waals surface area (Å²) in [4.78, 5) is 13.1. The van der Waals surface area contributed by atoms with E-state index in [0.717, 1.165) is 11.1 Å². The van der Waals surface area contributed by atoms with Crippen LogP contribution in [-0.2, 0) is 11.2 Å². The van der Waals surface area contributed by atoms with Gasteiger partial charge in [0.05, 0.1) is 0 Å². The van der Waals surface area contributed by atoms with Gasteiger partial charge in [-0.25, -0.2) is 0 Å². The third-order valence-electron chi connectivity index (χ3n) is 2.05. The molecule has 5 heteroatoms. The van der Waals surface area contributed by atoms with Crippen LogP contribution in [0.5, 0.6) is 0 Å². The van der Waals surface area contributed by atoms with Crippen molar-refractivity contribution in [1.29, 1.82) is 0 Å². The van der Waals surface area contributed by atoms with Crippen LogP contribution in [0.4, 0.5) is 5.69 Å². The standard InChI is InChI=1S/C10H11N3O2/c1-7-2-3-8(4-5-10(14)15)6-9(7)12-13-11/h2-3,6H,4-5H2,1H3,(H,14,15). The Morgan fingerprint density at radius 2 is 2.33 bits per heavy atom. The largest absolute Gasteiger partial charge is 0.481 e. The first-order chi connectivity index (χ1) is 7.13. The smallest absolute Gasteiger partial charge is 0.303 e. The van der Waals surface area contributed by atoms with Gasteiger partial charge in [0, 0.05) is 17.0 Å². The summed E-state index contributed by atoms with van der Waals surface area (Å²) in [7, 11) is 0. The number of benzene rings is 1. The molecule has 0 amide bonds. The van der Waals surface area contributed by atoms with E-state index in [1.165, 1.54) is 0 Å². The van der Waals surface area contributed by atoms with Gasteiger partial charge >= 0.3 is 5.97 Å². The summed E-state index contributed by atoms with van der Waals surface area (Å²) < 4.78 is 0. The molecule has 0 saturated heterocycles. The van der Waals surface area contributed by atoms with Crippen LogP contribution in [0.25, 0.3) is 10.4 Å². The van der Waals surface area contributed by atoms with Gasteiger partial charge < -0.3 is 5.11 Å². The number of carboxylic acid groups (broad SMARTS) is 1. The minimum absolute atomic E-state index is 0.0821. The third kappa shape index (κ3) is 3.32. The normalized spacial score (nSPS) is 9.40. The van der Waals surface area contributed by atoms with Gasteiger partial charge in [0.15, 0.2) is 0 Å². The highest BCUT2D eigenvalue weighted by atomic mass is 16.4. The lowest BCUT2D eigenvalue weighted by atomic mass is 10.1. The van der Waals surface area contributed by atoms with Crippen molar-refractivity contribution in [2.45, 2.75) is 19.8 Å². The molecule has 1 N–H and O–H groups in total. The minimum Gasteiger partial charge on any atom is -0.481 e. The number of carboxylic acids is 1. The van der Waals surface area contributed by atoms with Crippen molar-refractivity contribution in [2.24, 2.45) is 5.11 Å². The molecule has 0 fully saturated rings. The molecule has 78 valence electrons. The predicted octanol–water partition coefficient (Wildman–Crippen LogP) is 2.95. The molecule has 1 aromatic rings. The van der Waals surface area contributed by atoms with Crippen molar-refractivity contribution in [1.82, 2.24) is 0 Å². The van der Waals surface area contributed by atoms with Gasteiger partial charge in [0.25, 0.3) is 0 Å². The molecule has 0 unspecified atom stereocenters. The van der Waals surface area contributed by atoms with Crippen molar-refractivity contribution < 1.29 is 9.90 Å². The summed E-state index contributed by atoms with van der Waals surface area (Å²) in [6.07, 6.45) is 0.530. The van der Waals surface area contributed by atoms with Gasteiger partial charge in [0.1, 0.15) is 0 Å². The number of hydrogen-bond donors (Lipinski definition) is 1. The number of nitrogens with zero attached hydrogens (tertiary/aromatic N) is 3. The molecule has 1 aromatic carbocycles. The predicted molar refractivity (Wildman–Crippen MR) is 55.9 cm³/mol. The van der Waals surface area contributed by atoms with Crippen LogP contribution in [-0.4, -0.2) is 11.1 Å². The lowest BCUT2D eigenvalue weighted by Crippen LogP contribution is -1.97. The highest BCUT2D eigenvalue weighted by Crippen LogP contribution is 2.21. The van der Waals surface area contributed by atoms with Crippen LogP contribution in [0.3, 0.4) is 0 Å². The molecule has 1 rings (SSSR count). The number of aliphatic carboxylic acids is 1. The Balaban J connectivity index is 2.87. The van der Waals surface area contributed by atoms with Crippen molar-refractivity contribution in [3.63, 3.8) is 0 Å². The monoisotopic (exact) mass is 205 g/mol. The van der Waals surface area contributed by atoms with Crippen LogP contribution >= 0.6 is 0 Å². The maximum atomic E-state index is 10.4. The number of rotatable bonds is 4. The number of carbonyl (C=O) groups is 1. The average molecular weight is 205 g/mol. The Kier molecular flexibility index (Phi) is 3.71. The fraction of sp³-hybridized carbons (Fsp3) is 0.300. The number of azide groups is 1. The zero-order valence-electron chi connectivity index (χ0n) is 8.34. The van der Waals surface area contributed by atoms with Crippen LogP contribution in [0.15, 0.2) is 23.3 Å². The second kappa shape index (κ2) is 5.02. The van der Waals surface area contributed by atoms with Crippen LogP contribution in [0.2, 0.25) is 0 Å². The summed E-state index contributed by atoms with van der Waals surface area (Å²) in [6.45, 7) is 1.84. The summed E-state index contributed by atoms with van der Waals surface area (Å²) in [5.74, 6) is -0.832. The Morgan fingerprint density at radius 3 is 2.93 bits per heavy atom. The highest BCUT2D eigenvalue weighted by molar-refractivity contribution is 5.67. The van der Waals surface area contributed by atoms with Crippen molar-refractivity contribution in [2.75, 3.05) is 0 Å². The molecule has 0 radical (unpaired) electrons. The van der Waals surface area contributed by atoms with Crippen molar-refractivity contribution in [3.8, 4) is 0 Å². The van der Waals surface area contributed by atoms with Gasteiger partial charge in [-0.05, 0) is 36.1 Å². The van der Waals surface area contributed by atoms with Crippen LogP contribution in [0, 0.1) is 6.92 Å². The van der Waals surface area contributed by atoms with Gasteiger partial charge in [-0.2, -0.15) is 0 Å². The second-order valence-corrected chi connectivity index (χ2v) is 3.20. The first-order valence-corrected chi connectivity index (χ1v) is 4.50. The molecule has 5 nitrogen and oxygen atoms in total. The summed E-state index contributed by atoms with van der Waals surface area (Å²) in [6, 6.07) is 5.38. The van der Waals surface area contributed by atoms with Gasteiger partial charge in [0.2, 0.25) is 0 Å². The highest BCUT2D eigenvalue weighted by Gasteiger charge is 2.01. The van der Waals surface area contributed by atoms with Crippen LogP contribution in [0.1, 0.15) is 17.5 Å². The lowest BCUT2D eigenvalue weighted by molar-refractivity contribution is -0.136. The van der Waals surface area contributed by atoms with E-state index >= 15 is 0 Å². The Labute approximate surface area is 87.0 Å². The van der Waals surface area contributed by atoms with E-state index < -0.39 is 5.97 Å². The lowest BCUT2D eigenvalue weighted by Gasteiger charge is -2.03. The zero-order chi connectivity index (χ0) is 11.3. The molecular weight excluding hydrogens is 194 g/mol. The minimum atomic E-state index is -0.832. The molecule has 0 saturated carbocycles. The van der Waals surface area contributed by atoms with E-state index in [0.29, 0.717) is 12.1 Å². The molecule has 0 aliphatic rings. The maximum Gasteiger partial charge on any atom is 0.303 e. The van der Waals surface area contributed by atoms with E-state index in [1.807, 2.05) is 19.1 Å². The van der Waals surface area contributed by atoms with Gasteiger partial charge in [-0.1, -0.05) is 17.2 Å². The van der Waals surface area contributed by atoms with E-state index in [2.05, 4.69) is 10.0 Å². The van der Waals surface area contributed by atoms with Gasteiger partial charge in [-0.3, -0.25) is 4.79 Å². The number of hydrogen-bond acceptors (Lipinski definition) is 2. The molecule has 0 aliphatic heterocycles. The molecule has 0 spiro atoms. The topological polar surface area (TPSA) is 86.1 Å². The van der Waals surface area contributed by atoms with Crippen LogP contribution < -0.4 is 0 Å². The Hall–Kier alpha value is -2.00. The first-order valence-electron chi connectivity index (χ1n) is 4.50. The Bertz CT molecular complexity index is 423. The van der Waals surface area contributed by atoms with Crippen molar-refractivity contribution in [3.05, 3.63) is 39.8 Å². The number of aryl methyl sites for hydroxylation is 2. The summed E-state index contributed by atoms with van der Waals surface area (Å²) in [5, 5.41) is 12.0. The first kappa shape index (κ1) is 11.1. The molecule has 0 heterocycles. The van der Waals surface area contributed by atoms with E-state index in [1.54, 1.807) is 6.07 Å². The fourth-order valence-corrected chi connectivity index (χ4v) is 1.22. The van der Waals surface area contributed by atoms with Crippen molar-refractivity contribution >= 4 is 11.7 Å². The Morgan fingerprint density at radius 1 is 1.60 bits per heavy atom. The SMILES string of the molecule is Cc1ccc(CCC(=O)O)cc1N=[N+]=[N-]. The molecule has 0 aromatic heterocycles. The third-order valence-corrected chi connectivity index (χ3v) is 2.05. The second-order valence-electron chi connectivity index (χ2n) is 3.20. The van der Waals surface area contributed by atoms with Gasteiger partial charge in [-0.15, -0.1) is 0 Å². The van der Waals surface area contributed by atoms with E-state index in [9.17, 15) is 4.79 Å². The molecule has 0 aliphatic carbocycles. The fourth-order valence-electron chi connectivity index (χ4n) is 1.22. The maximum absolute atomic E-state index is 10.4.